The maximum absolute atomic E-state index is 12.6. The van der Waals surface area contributed by atoms with Gasteiger partial charge in [-0.25, -0.2) is 0 Å². The zero-order valence-corrected chi connectivity index (χ0v) is 18.7. The maximum Gasteiger partial charge on any atom is 0.266 e. The van der Waals surface area contributed by atoms with Gasteiger partial charge < -0.3 is 5.32 Å². The van der Waals surface area contributed by atoms with Crippen molar-refractivity contribution in [1.29, 1.82) is 0 Å². The highest BCUT2D eigenvalue weighted by molar-refractivity contribution is 8.26. The molecule has 0 aromatic heterocycles. The van der Waals surface area contributed by atoms with Crippen LogP contribution in [0, 0.1) is 13.8 Å². The minimum Gasteiger partial charge on any atom is -0.326 e. The van der Waals surface area contributed by atoms with Crippen molar-refractivity contribution in [1.82, 2.24) is 4.90 Å². The van der Waals surface area contributed by atoms with Crippen LogP contribution in [0.5, 0.6) is 0 Å². The summed E-state index contributed by atoms with van der Waals surface area (Å²) in [7, 11) is 0. The molecule has 3 rings (SSSR count). The fourth-order valence-corrected chi connectivity index (χ4v) is 4.22. The number of anilines is 1. The van der Waals surface area contributed by atoms with Crippen molar-refractivity contribution >= 4 is 51.9 Å². The zero-order valence-electron chi connectivity index (χ0n) is 17.1. The van der Waals surface area contributed by atoms with Gasteiger partial charge in [-0.15, -0.1) is 0 Å². The van der Waals surface area contributed by atoms with Crippen LogP contribution in [0.1, 0.15) is 29.5 Å². The molecule has 2 aromatic rings. The Morgan fingerprint density at radius 1 is 1.13 bits per heavy atom. The molecule has 6 heteroatoms. The van der Waals surface area contributed by atoms with Crippen molar-refractivity contribution in [2.75, 3.05) is 11.9 Å². The zero-order chi connectivity index (χ0) is 21.5. The van der Waals surface area contributed by atoms with Crippen LogP contribution < -0.4 is 5.32 Å². The molecular weight excluding hydrogens is 412 g/mol. The Balaban J connectivity index is 1.49. The summed E-state index contributed by atoms with van der Waals surface area (Å²) >= 11 is 6.65. The van der Waals surface area contributed by atoms with Crippen LogP contribution >= 0.6 is 24.0 Å². The molecule has 30 heavy (non-hydrogen) atoms. The fraction of sp³-hybridized carbons (Fsp3) is 0.208. The van der Waals surface area contributed by atoms with Crippen LogP contribution in [-0.2, 0) is 9.59 Å². The molecule has 1 saturated heterocycles. The second kappa shape index (κ2) is 10.4. The lowest BCUT2D eigenvalue weighted by atomic mass is 10.1. The summed E-state index contributed by atoms with van der Waals surface area (Å²) in [6, 6.07) is 15.7. The van der Waals surface area contributed by atoms with Gasteiger partial charge in [-0.2, -0.15) is 0 Å². The molecule has 0 atom stereocenters. The van der Waals surface area contributed by atoms with Crippen molar-refractivity contribution in [3.8, 4) is 0 Å². The number of benzene rings is 2. The third-order valence-electron chi connectivity index (χ3n) is 4.79. The Morgan fingerprint density at radius 2 is 1.90 bits per heavy atom. The fourth-order valence-electron chi connectivity index (χ4n) is 2.96. The molecule has 1 fully saturated rings. The quantitative estimate of drug-likeness (QED) is 0.461. The van der Waals surface area contributed by atoms with Gasteiger partial charge in [-0.1, -0.05) is 72.5 Å². The Morgan fingerprint density at radius 3 is 2.63 bits per heavy atom. The van der Waals surface area contributed by atoms with E-state index in [9.17, 15) is 9.59 Å². The van der Waals surface area contributed by atoms with Crippen molar-refractivity contribution in [2.24, 2.45) is 0 Å². The summed E-state index contributed by atoms with van der Waals surface area (Å²) < 4.78 is 0.536. The number of amides is 2. The predicted octanol–water partition coefficient (Wildman–Crippen LogP) is 5.48. The van der Waals surface area contributed by atoms with Crippen molar-refractivity contribution in [3.63, 3.8) is 0 Å². The number of thiocarbonyl (C=S) groups is 1. The monoisotopic (exact) mass is 436 g/mol. The summed E-state index contributed by atoms with van der Waals surface area (Å²) in [4.78, 5) is 27.0. The first-order valence-electron chi connectivity index (χ1n) is 9.78. The predicted molar refractivity (Wildman–Crippen MR) is 129 cm³/mol. The van der Waals surface area contributed by atoms with E-state index in [1.54, 1.807) is 11.0 Å². The summed E-state index contributed by atoms with van der Waals surface area (Å²) in [5.41, 5.74) is 4.19. The number of allylic oxidation sites excluding steroid dienone is 2. The summed E-state index contributed by atoms with van der Waals surface area (Å²) in [6.45, 7) is 4.49. The number of carbonyl (C=O) groups is 2. The molecule has 0 bridgehead atoms. The molecule has 0 aliphatic carbocycles. The van der Waals surface area contributed by atoms with Crippen molar-refractivity contribution < 1.29 is 9.59 Å². The minimum absolute atomic E-state index is 0.0648. The number of nitrogens with one attached hydrogen (secondary N) is 1. The highest BCUT2D eigenvalue weighted by Crippen LogP contribution is 2.31. The average Bonchev–Trinajstić information content (AvgIpc) is 2.99. The molecule has 154 valence electrons. The summed E-state index contributed by atoms with van der Waals surface area (Å²) in [6.07, 6.45) is 6.48. The van der Waals surface area contributed by atoms with Crippen LogP contribution in [-0.4, -0.2) is 27.6 Å². The third-order valence-corrected chi connectivity index (χ3v) is 6.18. The highest BCUT2D eigenvalue weighted by atomic mass is 32.2. The van der Waals surface area contributed by atoms with Gasteiger partial charge in [0.15, 0.2) is 0 Å². The Bertz CT molecular complexity index is 1010. The first-order chi connectivity index (χ1) is 14.4. The number of rotatable bonds is 7. The molecule has 4 nitrogen and oxygen atoms in total. The van der Waals surface area contributed by atoms with Gasteiger partial charge in [0, 0.05) is 18.7 Å². The molecular formula is C24H24N2O2S2. The van der Waals surface area contributed by atoms with E-state index in [1.165, 1.54) is 17.3 Å². The van der Waals surface area contributed by atoms with E-state index < -0.39 is 0 Å². The van der Waals surface area contributed by atoms with Crippen LogP contribution in [0.3, 0.4) is 0 Å². The van der Waals surface area contributed by atoms with Gasteiger partial charge in [-0.05, 0) is 55.2 Å². The van der Waals surface area contributed by atoms with E-state index in [-0.39, 0.29) is 11.8 Å². The molecule has 0 spiro atoms. The molecule has 0 unspecified atom stereocenters. The first-order valence-corrected chi connectivity index (χ1v) is 11.0. The standard InChI is InChI=1S/C24H24N2O2S2/c1-17-13-14-20(16-18(17)2)25-22(27)12-7-15-26-23(28)21(30-24(26)29)11-6-10-19-8-4-3-5-9-19/h3-6,8-11,13-14,16H,7,12,15H2,1-2H3,(H,25,27). The molecule has 1 heterocycles. The van der Waals surface area contributed by atoms with Gasteiger partial charge in [0.25, 0.3) is 5.91 Å². The van der Waals surface area contributed by atoms with Crippen LogP contribution in [0.2, 0.25) is 0 Å². The topological polar surface area (TPSA) is 49.4 Å². The smallest absolute Gasteiger partial charge is 0.266 e. The van der Waals surface area contributed by atoms with Crippen molar-refractivity contribution in [2.45, 2.75) is 26.7 Å². The van der Waals surface area contributed by atoms with E-state index >= 15 is 0 Å². The first kappa shape index (κ1) is 22.0. The van der Waals surface area contributed by atoms with Gasteiger partial charge in [-0.3, -0.25) is 14.5 Å². The van der Waals surface area contributed by atoms with Crippen molar-refractivity contribution in [3.05, 3.63) is 82.3 Å². The normalized spacial score (nSPS) is 15.4. The Hall–Kier alpha value is -2.70. The summed E-state index contributed by atoms with van der Waals surface area (Å²) in [5.74, 6) is -0.165. The number of thioether (sulfide) groups is 1. The minimum atomic E-state index is -0.0997. The van der Waals surface area contributed by atoms with Gasteiger partial charge in [0.2, 0.25) is 5.91 Å². The molecule has 2 amide bonds. The van der Waals surface area contributed by atoms with E-state index in [0.29, 0.717) is 28.6 Å². The van der Waals surface area contributed by atoms with Crippen LogP contribution in [0.25, 0.3) is 6.08 Å². The molecule has 1 aliphatic rings. The van der Waals surface area contributed by atoms with Gasteiger partial charge in [0.05, 0.1) is 4.91 Å². The molecule has 0 radical (unpaired) electrons. The Labute approximate surface area is 187 Å². The second-order valence-electron chi connectivity index (χ2n) is 7.08. The molecule has 2 aromatic carbocycles. The molecule has 1 aliphatic heterocycles. The second-order valence-corrected chi connectivity index (χ2v) is 8.75. The lowest BCUT2D eigenvalue weighted by Gasteiger charge is -2.14. The Kier molecular flexibility index (Phi) is 7.60. The van der Waals surface area contributed by atoms with E-state index in [2.05, 4.69) is 5.32 Å². The number of aryl methyl sites for hydroxylation is 2. The molecule has 0 saturated carbocycles. The lowest BCUT2D eigenvalue weighted by Crippen LogP contribution is -2.29. The van der Waals surface area contributed by atoms with Gasteiger partial charge in [0.1, 0.15) is 4.32 Å². The highest BCUT2D eigenvalue weighted by Gasteiger charge is 2.31. The molecule has 1 N–H and O–H groups in total. The largest absolute Gasteiger partial charge is 0.326 e. The number of carbonyl (C=O) groups excluding carboxylic acids is 2. The van der Waals surface area contributed by atoms with Gasteiger partial charge >= 0.3 is 0 Å². The van der Waals surface area contributed by atoms with E-state index in [0.717, 1.165) is 16.8 Å². The van der Waals surface area contributed by atoms with E-state index in [4.69, 9.17) is 12.2 Å². The average molecular weight is 437 g/mol. The van der Waals surface area contributed by atoms with Crippen LogP contribution in [0.15, 0.2) is 65.6 Å². The number of hydrogen-bond acceptors (Lipinski definition) is 4. The SMILES string of the molecule is Cc1ccc(NC(=O)CCCN2C(=O)C(=CC=Cc3ccccc3)SC2=S)cc1C. The summed E-state index contributed by atoms with van der Waals surface area (Å²) in [5, 5.41) is 2.91. The third kappa shape index (κ3) is 5.90. The lowest BCUT2D eigenvalue weighted by molar-refractivity contribution is -0.122. The maximum atomic E-state index is 12.6. The number of nitrogens with zero attached hydrogens (tertiary/aromatic N) is 1. The number of hydrogen-bond donors (Lipinski definition) is 1. The van der Waals surface area contributed by atoms with Crippen LogP contribution in [0.4, 0.5) is 5.69 Å². The van der Waals surface area contributed by atoms with E-state index in [1.807, 2.05) is 74.5 Å².